The Morgan fingerprint density at radius 3 is 2.95 bits per heavy atom. The molecule has 2 aliphatic rings. The third kappa shape index (κ3) is 1.91. The van der Waals surface area contributed by atoms with Crippen molar-refractivity contribution in [2.75, 3.05) is 11.7 Å². The number of hydrogen-bond acceptors (Lipinski definition) is 3. The molecule has 2 aromatic rings. The van der Waals surface area contributed by atoms with Crippen LogP contribution in [0.1, 0.15) is 12.8 Å². The summed E-state index contributed by atoms with van der Waals surface area (Å²) in [6.07, 6.45) is 4.43. The van der Waals surface area contributed by atoms with E-state index in [4.69, 9.17) is 4.84 Å². The minimum atomic E-state index is -0.395. The topological polar surface area (TPSA) is 46.5 Å². The molecule has 98 valence electrons. The van der Waals surface area contributed by atoms with Crippen molar-refractivity contribution in [3.8, 4) is 0 Å². The van der Waals surface area contributed by atoms with Crippen LogP contribution >= 0.6 is 0 Å². The van der Waals surface area contributed by atoms with Gasteiger partial charge in [0, 0.05) is 12.7 Å². The first-order valence-electron chi connectivity index (χ1n) is 6.62. The van der Waals surface area contributed by atoms with E-state index >= 15 is 0 Å². The van der Waals surface area contributed by atoms with Crippen LogP contribution in [0.3, 0.4) is 0 Å². The lowest BCUT2D eigenvalue weighted by atomic mass is 10.2. The number of hydroxylamine groups is 1. The van der Waals surface area contributed by atoms with Crippen LogP contribution in [-0.2, 0) is 11.4 Å². The van der Waals surface area contributed by atoms with Gasteiger partial charge in [-0.1, -0.05) is 6.07 Å². The molecule has 0 bridgehead atoms. The summed E-state index contributed by atoms with van der Waals surface area (Å²) < 4.78 is 2.29. The van der Waals surface area contributed by atoms with Gasteiger partial charge in [-0.05, 0) is 42.3 Å². The average Bonchev–Trinajstić information content (AvgIpc) is 2.99. The second kappa shape index (κ2) is 3.91. The quantitative estimate of drug-likeness (QED) is 0.918. The number of anilines is 1. The van der Waals surface area contributed by atoms with Crippen molar-refractivity contribution >= 4 is 22.7 Å². The minimum absolute atomic E-state index is 0.395. The molecule has 2 fully saturated rings. The van der Waals surface area contributed by atoms with E-state index < -0.39 is 6.09 Å². The summed E-state index contributed by atoms with van der Waals surface area (Å²) in [7, 11) is 0. The van der Waals surface area contributed by atoms with Crippen molar-refractivity contribution in [1.82, 2.24) is 9.88 Å². The minimum Gasteiger partial charge on any atom is -0.347 e. The van der Waals surface area contributed by atoms with Crippen LogP contribution in [0.25, 0.3) is 10.9 Å². The number of fused-ring (bicyclic) bond motifs is 1. The first kappa shape index (κ1) is 10.7. The number of hydrogen-bond donors (Lipinski definition) is 1. The Hall–Kier alpha value is -2.17. The second-order valence-corrected chi connectivity index (χ2v) is 5.25. The molecule has 0 radical (unpaired) electrons. The number of carbonyl (C=O) groups excluding carboxylic acids is 1. The summed E-state index contributed by atoms with van der Waals surface area (Å²) in [6.45, 7) is 1.48. The molecular formula is C14H15N3O2. The number of amides is 1. The van der Waals surface area contributed by atoms with Gasteiger partial charge in [0.15, 0.2) is 0 Å². The molecule has 1 aliphatic heterocycles. The third-order valence-corrected chi connectivity index (χ3v) is 3.76. The Morgan fingerprint density at radius 1 is 1.32 bits per heavy atom. The van der Waals surface area contributed by atoms with E-state index in [0.29, 0.717) is 6.67 Å². The molecule has 1 aromatic heterocycles. The maximum atomic E-state index is 11.1. The Kier molecular flexibility index (Phi) is 2.21. The van der Waals surface area contributed by atoms with Crippen LogP contribution in [0, 0.1) is 5.92 Å². The van der Waals surface area contributed by atoms with E-state index in [1.807, 2.05) is 6.07 Å². The molecule has 1 amide bonds. The molecule has 0 spiro atoms. The fourth-order valence-corrected chi connectivity index (χ4v) is 2.51. The highest BCUT2D eigenvalue weighted by atomic mass is 16.7. The van der Waals surface area contributed by atoms with Gasteiger partial charge in [-0.2, -0.15) is 5.06 Å². The van der Waals surface area contributed by atoms with E-state index in [9.17, 15) is 4.79 Å². The maximum absolute atomic E-state index is 11.1. The highest BCUT2D eigenvalue weighted by molar-refractivity contribution is 5.84. The van der Waals surface area contributed by atoms with E-state index in [2.05, 4.69) is 34.3 Å². The lowest BCUT2D eigenvalue weighted by Gasteiger charge is -2.14. The Morgan fingerprint density at radius 2 is 2.21 bits per heavy atom. The number of nitrogens with one attached hydrogen (secondary N) is 1. The van der Waals surface area contributed by atoms with Gasteiger partial charge in [0.2, 0.25) is 0 Å². The molecule has 0 atom stereocenters. The van der Waals surface area contributed by atoms with Crippen LogP contribution in [0.15, 0.2) is 30.5 Å². The summed E-state index contributed by atoms with van der Waals surface area (Å²) in [4.78, 5) is 16.2. The van der Waals surface area contributed by atoms with Crippen LogP contribution in [0.5, 0.6) is 0 Å². The SMILES string of the molecule is O=C1NCN(c2ccc3ccn(CC4CC4)c3c2)O1. The Labute approximate surface area is 110 Å². The zero-order chi connectivity index (χ0) is 12.8. The highest BCUT2D eigenvalue weighted by Crippen LogP contribution is 2.33. The molecule has 1 saturated heterocycles. The summed E-state index contributed by atoms with van der Waals surface area (Å²) in [5.41, 5.74) is 2.11. The first-order chi connectivity index (χ1) is 9.29. The number of benzene rings is 1. The fourth-order valence-electron chi connectivity index (χ4n) is 2.51. The number of rotatable bonds is 3. The predicted octanol–water partition coefficient (Wildman–Crippen LogP) is 2.47. The number of nitrogens with zero attached hydrogens (tertiary/aromatic N) is 2. The van der Waals surface area contributed by atoms with E-state index in [0.717, 1.165) is 18.2 Å². The van der Waals surface area contributed by atoms with E-state index in [1.165, 1.54) is 23.7 Å². The average molecular weight is 257 g/mol. The van der Waals surface area contributed by atoms with Crippen LogP contribution < -0.4 is 10.4 Å². The van der Waals surface area contributed by atoms with Crippen LogP contribution in [-0.4, -0.2) is 17.3 Å². The Balaban J connectivity index is 1.70. The molecule has 1 aliphatic carbocycles. The van der Waals surface area contributed by atoms with Gasteiger partial charge in [0.05, 0.1) is 11.2 Å². The molecule has 2 heterocycles. The van der Waals surface area contributed by atoms with Crippen molar-refractivity contribution in [2.45, 2.75) is 19.4 Å². The number of carbonyl (C=O) groups is 1. The third-order valence-electron chi connectivity index (χ3n) is 3.76. The van der Waals surface area contributed by atoms with Gasteiger partial charge < -0.3 is 9.40 Å². The fraction of sp³-hybridized carbons (Fsp3) is 0.357. The molecule has 1 aromatic carbocycles. The van der Waals surface area contributed by atoms with Gasteiger partial charge >= 0.3 is 6.09 Å². The normalized spacial score (nSPS) is 18.7. The van der Waals surface area contributed by atoms with Crippen molar-refractivity contribution in [2.24, 2.45) is 5.92 Å². The van der Waals surface area contributed by atoms with Crippen molar-refractivity contribution < 1.29 is 9.63 Å². The van der Waals surface area contributed by atoms with Crippen LogP contribution in [0.2, 0.25) is 0 Å². The summed E-state index contributed by atoms with van der Waals surface area (Å²) in [6, 6.07) is 8.26. The maximum Gasteiger partial charge on any atom is 0.433 e. The van der Waals surface area contributed by atoms with Gasteiger partial charge in [-0.25, -0.2) is 4.79 Å². The lowest BCUT2D eigenvalue weighted by Crippen LogP contribution is -2.19. The van der Waals surface area contributed by atoms with Gasteiger partial charge in [-0.3, -0.25) is 5.32 Å². The molecule has 19 heavy (non-hydrogen) atoms. The van der Waals surface area contributed by atoms with Crippen LogP contribution in [0.4, 0.5) is 10.5 Å². The molecule has 5 heteroatoms. The zero-order valence-electron chi connectivity index (χ0n) is 10.5. The molecule has 1 N–H and O–H groups in total. The monoisotopic (exact) mass is 257 g/mol. The van der Waals surface area contributed by atoms with E-state index in [-0.39, 0.29) is 0 Å². The van der Waals surface area contributed by atoms with Crippen molar-refractivity contribution in [3.05, 3.63) is 30.5 Å². The van der Waals surface area contributed by atoms with Gasteiger partial charge in [0.1, 0.15) is 6.67 Å². The van der Waals surface area contributed by atoms with Crippen molar-refractivity contribution in [3.63, 3.8) is 0 Å². The molecule has 4 rings (SSSR count). The summed E-state index contributed by atoms with van der Waals surface area (Å²) >= 11 is 0. The van der Waals surface area contributed by atoms with E-state index in [1.54, 1.807) is 5.06 Å². The Bertz CT molecular complexity index is 645. The molecular weight excluding hydrogens is 242 g/mol. The lowest BCUT2D eigenvalue weighted by molar-refractivity contribution is 0.166. The first-order valence-corrected chi connectivity index (χ1v) is 6.62. The summed E-state index contributed by atoms with van der Waals surface area (Å²) in [5, 5.41) is 5.43. The van der Waals surface area contributed by atoms with Gasteiger partial charge in [0.25, 0.3) is 0 Å². The molecule has 5 nitrogen and oxygen atoms in total. The smallest absolute Gasteiger partial charge is 0.347 e. The standard InChI is InChI=1S/C14H15N3O2/c18-14-15-9-17(19-14)12-4-3-11-5-6-16(13(11)7-12)8-10-1-2-10/h3-7,10H,1-2,8-9H2,(H,15,18). The number of aromatic nitrogens is 1. The van der Waals surface area contributed by atoms with Gasteiger partial charge in [-0.15, -0.1) is 0 Å². The predicted molar refractivity (Wildman–Crippen MR) is 71.6 cm³/mol. The zero-order valence-corrected chi connectivity index (χ0v) is 10.5. The summed E-state index contributed by atoms with van der Waals surface area (Å²) in [5.74, 6) is 0.838. The molecule has 1 saturated carbocycles. The molecule has 0 unspecified atom stereocenters. The highest BCUT2D eigenvalue weighted by Gasteiger charge is 2.23. The largest absolute Gasteiger partial charge is 0.433 e. The van der Waals surface area contributed by atoms with Crippen molar-refractivity contribution in [1.29, 1.82) is 0 Å². The second-order valence-electron chi connectivity index (χ2n) is 5.25.